The van der Waals surface area contributed by atoms with Gasteiger partial charge in [-0.15, -0.1) is 0 Å². The van der Waals surface area contributed by atoms with E-state index in [9.17, 15) is 4.79 Å². The lowest BCUT2D eigenvalue weighted by atomic mass is 9.91. The molecule has 2 heterocycles. The molecular formula is C16H19N3O. The van der Waals surface area contributed by atoms with Gasteiger partial charge < -0.3 is 0 Å². The number of hydrogen-bond donors (Lipinski definition) is 2. The molecule has 104 valence electrons. The zero-order chi connectivity index (χ0) is 14.1. The molecular weight excluding hydrogens is 250 g/mol. The monoisotopic (exact) mass is 269 g/mol. The summed E-state index contributed by atoms with van der Waals surface area (Å²) in [5.41, 5.74) is 11.0. The number of anilines is 1. The minimum atomic E-state index is -0.0781. The van der Waals surface area contributed by atoms with Gasteiger partial charge in [0.25, 0.3) is 5.91 Å². The van der Waals surface area contributed by atoms with E-state index in [1.54, 1.807) is 0 Å². The maximum absolute atomic E-state index is 11.8. The van der Waals surface area contributed by atoms with Crippen LogP contribution in [0.4, 0.5) is 5.69 Å². The summed E-state index contributed by atoms with van der Waals surface area (Å²) < 4.78 is 0. The van der Waals surface area contributed by atoms with E-state index in [4.69, 9.17) is 4.98 Å². The normalized spacial score (nSPS) is 15.6. The maximum Gasteiger partial charge on any atom is 0.270 e. The van der Waals surface area contributed by atoms with Crippen molar-refractivity contribution in [2.45, 2.75) is 39.5 Å². The van der Waals surface area contributed by atoms with E-state index in [0.717, 1.165) is 35.0 Å². The molecule has 0 spiro atoms. The van der Waals surface area contributed by atoms with Crippen molar-refractivity contribution >= 4 is 22.5 Å². The molecule has 0 saturated heterocycles. The lowest BCUT2D eigenvalue weighted by molar-refractivity contribution is 0.0962. The highest BCUT2D eigenvalue weighted by atomic mass is 16.2. The van der Waals surface area contributed by atoms with Gasteiger partial charge in [-0.1, -0.05) is 19.9 Å². The van der Waals surface area contributed by atoms with Gasteiger partial charge in [0.15, 0.2) is 0 Å². The molecule has 0 saturated carbocycles. The highest BCUT2D eigenvalue weighted by molar-refractivity contribution is 6.14. The molecule has 1 aromatic carbocycles. The third-order valence-electron chi connectivity index (χ3n) is 3.83. The molecule has 1 amide bonds. The number of carbonyl (C=O) groups is 1. The molecule has 4 rings (SSSR count). The van der Waals surface area contributed by atoms with Gasteiger partial charge in [-0.2, -0.15) is 0 Å². The van der Waals surface area contributed by atoms with Gasteiger partial charge >= 0.3 is 0 Å². The Bertz CT molecular complexity index is 679. The van der Waals surface area contributed by atoms with Gasteiger partial charge in [-0.3, -0.25) is 20.6 Å². The number of nitrogens with zero attached hydrogens (tertiary/aromatic N) is 1. The summed E-state index contributed by atoms with van der Waals surface area (Å²) in [5, 5.41) is 0.974. The maximum atomic E-state index is 11.8. The van der Waals surface area contributed by atoms with Crippen LogP contribution >= 0.6 is 0 Å². The highest BCUT2D eigenvalue weighted by Crippen LogP contribution is 2.36. The quantitative estimate of drug-likeness (QED) is 0.772. The molecule has 0 bridgehead atoms. The number of hydrogen-bond acceptors (Lipinski definition) is 3. The predicted octanol–water partition coefficient (Wildman–Crippen LogP) is 3.21. The summed E-state index contributed by atoms with van der Waals surface area (Å²) in [6, 6.07) is 5.74. The number of rotatable bonds is 0. The van der Waals surface area contributed by atoms with Crippen LogP contribution in [0.1, 0.15) is 48.3 Å². The molecule has 0 fully saturated rings. The predicted molar refractivity (Wildman–Crippen MR) is 80.8 cm³/mol. The lowest BCUT2D eigenvalue weighted by Gasteiger charge is -2.25. The van der Waals surface area contributed by atoms with E-state index in [1.807, 2.05) is 32.0 Å². The van der Waals surface area contributed by atoms with Crippen LogP contribution in [0, 0.1) is 0 Å². The van der Waals surface area contributed by atoms with E-state index in [-0.39, 0.29) is 5.91 Å². The summed E-state index contributed by atoms with van der Waals surface area (Å²) in [5.74, 6) is -0.0781. The van der Waals surface area contributed by atoms with E-state index in [2.05, 4.69) is 10.9 Å². The third kappa shape index (κ3) is 1.83. The third-order valence-corrected chi connectivity index (χ3v) is 3.83. The van der Waals surface area contributed by atoms with Crippen LogP contribution in [0.25, 0.3) is 10.9 Å². The number of aromatic nitrogens is 1. The summed E-state index contributed by atoms with van der Waals surface area (Å²) >= 11 is 0. The topological polar surface area (TPSA) is 54.0 Å². The van der Waals surface area contributed by atoms with Crippen molar-refractivity contribution in [3.8, 4) is 0 Å². The molecule has 2 aromatic rings. The second kappa shape index (κ2) is 5.12. The molecule has 1 aromatic heterocycles. The Morgan fingerprint density at radius 2 is 1.90 bits per heavy atom. The van der Waals surface area contributed by atoms with Gasteiger partial charge in [0, 0.05) is 11.1 Å². The number of benzene rings is 1. The standard InChI is InChI=1S/C14H13N3O.C2H6/c18-14-9-5-3-7-11-12(9)13(16-17-14)8-4-1-2-6-10(8)15-11;1-2/h3,5,7,16H,1-2,4,6H2,(H,17,18);1-2H3. The molecule has 2 aliphatic rings. The fraction of sp³-hybridized carbons (Fsp3) is 0.375. The van der Waals surface area contributed by atoms with E-state index >= 15 is 0 Å². The molecule has 0 atom stereocenters. The largest absolute Gasteiger partial charge is 0.297 e. The molecule has 20 heavy (non-hydrogen) atoms. The molecule has 4 heteroatoms. The second-order valence-electron chi connectivity index (χ2n) is 4.90. The first-order valence-electron chi connectivity index (χ1n) is 7.35. The van der Waals surface area contributed by atoms with Gasteiger partial charge in [0.2, 0.25) is 0 Å². The Balaban J connectivity index is 0.000000581. The SMILES string of the molecule is CC.O=C1NNc2c3c(nc4cccc1c24)CCCC3. The summed E-state index contributed by atoms with van der Waals surface area (Å²) in [4.78, 5) is 16.6. The Kier molecular flexibility index (Phi) is 3.30. The van der Waals surface area contributed by atoms with Crippen LogP contribution in [0.5, 0.6) is 0 Å². The smallest absolute Gasteiger partial charge is 0.270 e. The number of carbonyl (C=O) groups excluding carboxylic acids is 1. The van der Waals surface area contributed by atoms with Crippen molar-refractivity contribution in [1.82, 2.24) is 10.4 Å². The van der Waals surface area contributed by atoms with E-state index in [0.29, 0.717) is 0 Å². The van der Waals surface area contributed by atoms with Crippen LogP contribution in [0.2, 0.25) is 0 Å². The fourth-order valence-corrected chi connectivity index (χ4v) is 2.99. The van der Waals surface area contributed by atoms with Crippen LogP contribution in [0.15, 0.2) is 18.2 Å². The van der Waals surface area contributed by atoms with E-state index < -0.39 is 0 Å². The van der Waals surface area contributed by atoms with Crippen LogP contribution in [-0.2, 0) is 12.8 Å². The average molecular weight is 269 g/mol. The Morgan fingerprint density at radius 3 is 2.75 bits per heavy atom. The minimum Gasteiger partial charge on any atom is -0.297 e. The van der Waals surface area contributed by atoms with Gasteiger partial charge in [-0.25, -0.2) is 0 Å². The Labute approximate surface area is 118 Å². The molecule has 0 radical (unpaired) electrons. The van der Waals surface area contributed by atoms with Crippen LogP contribution < -0.4 is 10.9 Å². The van der Waals surface area contributed by atoms with Crippen molar-refractivity contribution in [2.24, 2.45) is 0 Å². The van der Waals surface area contributed by atoms with Crippen LogP contribution in [0.3, 0.4) is 0 Å². The summed E-state index contributed by atoms with van der Waals surface area (Å²) in [7, 11) is 0. The average Bonchev–Trinajstić information content (AvgIpc) is 2.52. The minimum absolute atomic E-state index is 0.0781. The summed E-state index contributed by atoms with van der Waals surface area (Å²) in [6.45, 7) is 4.00. The number of pyridine rings is 1. The van der Waals surface area contributed by atoms with Crippen molar-refractivity contribution in [3.05, 3.63) is 35.0 Å². The zero-order valence-electron chi connectivity index (χ0n) is 11.9. The molecule has 0 unspecified atom stereocenters. The number of nitrogens with one attached hydrogen (secondary N) is 2. The number of hydrazine groups is 1. The zero-order valence-corrected chi connectivity index (χ0v) is 11.9. The Hall–Kier alpha value is -2.10. The first-order valence-corrected chi connectivity index (χ1v) is 7.35. The van der Waals surface area contributed by atoms with Crippen molar-refractivity contribution in [3.63, 3.8) is 0 Å². The van der Waals surface area contributed by atoms with Crippen molar-refractivity contribution in [1.29, 1.82) is 0 Å². The van der Waals surface area contributed by atoms with E-state index in [1.165, 1.54) is 24.1 Å². The fourth-order valence-electron chi connectivity index (χ4n) is 2.99. The van der Waals surface area contributed by atoms with Gasteiger partial charge in [0.1, 0.15) is 0 Å². The van der Waals surface area contributed by atoms with Gasteiger partial charge in [0.05, 0.1) is 16.8 Å². The number of amides is 1. The van der Waals surface area contributed by atoms with Crippen molar-refractivity contribution in [2.75, 3.05) is 5.43 Å². The second-order valence-corrected chi connectivity index (χ2v) is 4.90. The first kappa shape index (κ1) is 12.9. The molecule has 2 N–H and O–H groups in total. The highest BCUT2D eigenvalue weighted by Gasteiger charge is 2.24. The van der Waals surface area contributed by atoms with Crippen LogP contribution in [-0.4, -0.2) is 10.9 Å². The van der Waals surface area contributed by atoms with Crippen molar-refractivity contribution < 1.29 is 4.79 Å². The summed E-state index contributed by atoms with van der Waals surface area (Å²) in [6.07, 6.45) is 4.49. The number of aryl methyl sites for hydroxylation is 1. The first-order chi connectivity index (χ1) is 9.84. The number of fused-ring (bicyclic) bond motifs is 2. The molecule has 1 aliphatic carbocycles. The van der Waals surface area contributed by atoms with Gasteiger partial charge in [-0.05, 0) is 43.4 Å². The Morgan fingerprint density at radius 1 is 1.10 bits per heavy atom. The molecule has 1 aliphatic heterocycles. The lowest BCUT2D eigenvalue weighted by Crippen LogP contribution is -2.34. The molecule has 4 nitrogen and oxygen atoms in total.